The van der Waals surface area contributed by atoms with Gasteiger partial charge in [0, 0.05) is 30.9 Å². The predicted octanol–water partition coefficient (Wildman–Crippen LogP) is 3.63. The molecular formula is C20H18N2O3. The van der Waals surface area contributed by atoms with Crippen LogP contribution in [0.1, 0.15) is 22.8 Å². The second-order valence-corrected chi connectivity index (χ2v) is 5.92. The normalized spacial score (nSPS) is 12.4. The van der Waals surface area contributed by atoms with Gasteiger partial charge in [0.15, 0.2) is 11.5 Å². The number of ether oxygens (including phenoxy) is 2. The van der Waals surface area contributed by atoms with Gasteiger partial charge in [0.1, 0.15) is 0 Å². The summed E-state index contributed by atoms with van der Waals surface area (Å²) in [7, 11) is 0. The number of hydrogen-bond acceptors (Lipinski definition) is 4. The third kappa shape index (κ3) is 2.89. The zero-order valence-electron chi connectivity index (χ0n) is 13.9. The number of aromatic nitrogens is 1. The molecule has 5 nitrogen and oxygen atoms in total. The molecule has 0 N–H and O–H groups in total. The van der Waals surface area contributed by atoms with Crippen LogP contribution in [-0.4, -0.2) is 29.1 Å². The molecule has 0 bridgehead atoms. The number of rotatable bonds is 4. The number of fused-ring (bicyclic) bond motifs is 2. The molecule has 1 aromatic heterocycles. The van der Waals surface area contributed by atoms with E-state index in [1.165, 1.54) is 0 Å². The Hall–Kier alpha value is -3.08. The van der Waals surface area contributed by atoms with Crippen LogP contribution in [-0.2, 0) is 6.54 Å². The highest BCUT2D eigenvalue weighted by Crippen LogP contribution is 2.33. The molecule has 0 aliphatic carbocycles. The first kappa shape index (κ1) is 15.4. The van der Waals surface area contributed by atoms with E-state index >= 15 is 0 Å². The zero-order valence-corrected chi connectivity index (χ0v) is 13.9. The highest BCUT2D eigenvalue weighted by molar-refractivity contribution is 6.06. The van der Waals surface area contributed by atoms with Crippen LogP contribution in [0.15, 0.2) is 54.9 Å². The Labute approximate surface area is 145 Å². The van der Waals surface area contributed by atoms with Crippen LogP contribution >= 0.6 is 0 Å². The first-order valence-electron chi connectivity index (χ1n) is 8.27. The quantitative estimate of drug-likeness (QED) is 0.731. The SMILES string of the molecule is CCN(Cc1ccc2c(c1)OCO2)C(=O)c1cncc2ccccc12. The van der Waals surface area contributed by atoms with Gasteiger partial charge < -0.3 is 14.4 Å². The lowest BCUT2D eigenvalue weighted by Crippen LogP contribution is -2.30. The van der Waals surface area contributed by atoms with Gasteiger partial charge in [-0.3, -0.25) is 9.78 Å². The molecule has 0 fully saturated rings. The lowest BCUT2D eigenvalue weighted by Gasteiger charge is -2.22. The van der Waals surface area contributed by atoms with Crippen LogP contribution in [0.3, 0.4) is 0 Å². The molecule has 126 valence electrons. The summed E-state index contributed by atoms with van der Waals surface area (Å²) in [5.41, 5.74) is 1.63. The summed E-state index contributed by atoms with van der Waals surface area (Å²) in [6.07, 6.45) is 3.42. The highest BCUT2D eigenvalue weighted by atomic mass is 16.7. The molecule has 5 heteroatoms. The van der Waals surface area contributed by atoms with Crippen molar-refractivity contribution < 1.29 is 14.3 Å². The molecule has 0 radical (unpaired) electrons. The van der Waals surface area contributed by atoms with Crippen LogP contribution in [0, 0.1) is 0 Å². The minimum atomic E-state index is -0.0236. The lowest BCUT2D eigenvalue weighted by atomic mass is 10.1. The predicted molar refractivity (Wildman–Crippen MR) is 94.7 cm³/mol. The zero-order chi connectivity index (χ0) is 17.2. The van der Waals surface area contributed by atoms with Crippen molar-refractivity contribution in [2.75, 3.05) is 13.3 Å². The Kier molecular flexibility index (Phi) is 3.98. The molecule has 3 aromatic rings. The average Bonchev–Trinajstić information content (AvgIpc) is 3.13. The number of hydrogen-bond donors (Lipinski definition) is 0. The van der Waals surface area contributed by atoms with Gasteiger partial charge in [0.25, 0.3) is 5.91 Å². The van der Waals surface area contributed by atoms with E-state index in [4.69, 9.17) is 9.47 Å². The van der Waals surface area contributed by atoms with Crippen molar-refractivity contribution in [3.8, 4) is 11.5 Å². The van der Waals surface area contributed by atoms with Crippen molar-refractivity contribution in [2.45, 2.75) is 13.5 Å². The molecule has 1 aliphatic heterocycles. The third-order valence-corrected chi connectivity index (χ3v) is 4.38. The Morgan fingerprint density at radius 1 is 1.12 bits per heavy atom. The van der Waals surface area contributed by atoms with E-state index in [-0.39, 0.29) is 12.7 Å². The van der Waals surface area contributed by atoms with E-state index in [2.05, 4.69) is 4.98 Å². The second-order valence-electron chi connectivity index (χ2n) is 5.92. The van der Waals surface area contributed by atoms with Gasteiger partial charge in [-0.2, -0.15) is 0 Å². The van der Waals surface area contributed by atoms with Gasteiger partial charge in [-0.05, 0) is 30.0 Å². The highest BCUT2D eigenvalue weighted by Gasteiger charge is 2.19. The average molecular weight is 334 g/mol. The maximum atomic E-state index is 13.1. The lowest BCUT2D eigenvalue weighted by molar-refractivity contribution is 0.0754. The molecule has 0 spiro atoms. The first-order valence-corrected chi connectivity index (χ1v) is 8.27. The Balaban J connectivity index is 1.63. The summed E-state index contributed by atoms with van der Waals surface area (Å²) >= 11 is 0. The molecule has 1 aliphatic rings. The Morgan fingerprint density at radius 2 is 1.96 bits per heavy atom. The topological polar surface area (TPSA) is 51.7 Å². The summed E-state index contributed by atoms with van der Waals surface area (Å²) in [6, 6.07) is 13.6. The minimum Gasteiger partial charge on any atom is -0.454 e. The number of carbonyl (C=O) groups is 1. The standard InChI is InChI=1S/C20H18N2O3/c1-2-22(12-14-7-8-18-19(9-14)25-13-24-18)20(23)17-11-21-10-15-5-3-4-6-16(15)17/h3-11H,2,12-13H2,1H3. The maximum absolute atomic E-state index is 13.1. The van der Waals surface area contributed by atoms with Crippen molar-refractivity contribution >= 4 is 16.7 Å². The van der Waals surface area contributed by atoms with E-state index in [0.29, 0.717) is 18.7 Å². The van der Waals surface area contributed by atoms with Crippen LogP contribution in [0.4, 0.5) is 0 Å². The molecule has 2 heterocycles. The van der Waals surface area contributed by atoms with Gasteiger partial charge in [-0.1, -0.05) is 30.3 Å². The summed E-state index contributed by atoms with van der Waals surface area (Å²) < 4.78 is 10.8. The fourth-order valence-corrected chi connectivity index (χ4v) is 3.04. The molecule has 0 atom stereocenters. The Bertz CT molecular complexity index is 934. The van der Waals surface area contributed by atoms with Gasteiger partial charge >= 0.3 is 0 Å². The van der Waals surface area contributed by atoms with E-state index in [0.717, 1.165) is 27.8 Å². The summed E-state index contributed by atoms with van der Waals surface area (Å²) in [6.45, 7) is 3.34. The molecule has 0 unspecified atom stereocenters. The number of amides is 1. The van der Waals surface area contributed by atoms with Gasteiger partial charge in [-0.25, -0.2) is 0 Å². The Morgan fingerprint density at radius 3 is 2.84 bits per heavy atom. The van der Waals surface area contributed by atoms with Gasteiger partial charge in [0.2, 0.25) is 6.79 Å². The molecule has 1 amide bonds. The summed E-state index contributed by atoms with van der Waals surface area (Å²) in [4.78, 5) is 19.1. The van der Waals surface area contributed by atoms with E-state index in [9.17, 15) is 4.79 Å². The smallest absolute Gasteiger partial charge is 0.256 e. The van der Waals surface area contributed by atoms with Gasteiger partial charge in [0.05, 0.1) is 5.56 Å². The van der Waals surface area contributed by atoms with Crippen molar-refractivity contribution in [1.82, 2.24) is 9.88 Å². The molecule has 0 saturated heterocycles. The molecule has 25 heavy (non-hydrogen) atoms. The monoisotopic (exact) mass is 334 g/mol. The fourth-order valence-electron chi connectivity index (χ4n) is 3.04. The van der Waals surface area contributed by atoms with Crippen molar-refractivity contribution in [2.24, 2.45) is 0 Å². The molecular weight excluding hydrogens is 316 g/mol. The summed E-state index contributed by atoms with van der Waals surface area (Å²) in [5.74, 6) is 1.45. The van der Waals surface area contributed by atoms with Crippen molar-refractivity contribution in [3.05, 3.63) is 66.0 Å². The largest absolute Gasteiger partial charge is 0.454 e. The van der Waals surface area contributed by atoms with Crippen LogP contribution in [0.25, 0.3) is 10.8 Å². The summed E-state index contributed by atoms with van der Waals surface area (Å²) in [5, 5.41) is 1.89. The second kappa shape index (κ2) is 6.43. The maximum Gasteiger partial charge on any atom is 0.256 e. The van der Waals surface area contributed by atoms with Gasteiger partial charge in [-0.15, -0.1) is 0 Å². The van der Waals surface area contributed by atoms with E-state index < -0.39 is 0 Å². The van der Waals surface area contributed by atoms with Crippen LogP contribution < -0.4 is 9.47 Å². The van der Waals surface area contributed by atoms with E-state index in [1.807, 2.05) is 49.4 Å². The van der Waals surface area contributed by atoms with Crippen molar-refractivity contribution in [1.29, 1.82) is 0 Å². The van der Waals surface area contributed by atoms with E-state index in [1.54, 1.807) is 17.3 Å². The van der Waals surface area contributed by atoms with Crippen molar-refractivity contribution in [3.63, 3.8) is 0 Å². The van der Waals surface area contributed by atoms with Crippen LogP contribution in [0.5, 0.6) is 11.5 Å². The fraction of sp³-hybridized carbons (Fsp3) is 0.200. The van der Waals surface area contributed by atoms with Crippen LogP contribution in [0.2, 0.25) is 0 Å². The number of carbonyl (C=O) groups excluding carboxylic acids is 1. The number of pyridine rings is 1. The third-order valence-electron chi connectivity index (χ3n) is 4.38. The number of nitrogens with zero attached hydrogens (tertiary/aromatic N) is 2. The molecule has 0 saturated carbocycles. The minimum absolute atomic E-state index is 0.0236. The molecule has 2 aromatic carbocycles. The first-order chi connectivity index (χ1) is 12.3. The molecule has 4 rings (SSSR count). The number of benzene rings is 2.